The monoisotopic (exact) mass is 287 g/mol. The van der Waals surface area contributed by atoms with Gasteiger partial charge in [0.2, 0.25) is 0 Å². The van der Waals surface area contributed by atoms with Crippen molar-refractivity contribution in [3.63, 3.8) is 0 Å². The van der Waals surface area contributed by atoms with Gasteiger partial charge in [-0.05, 0) is 19.1 Å². The number of rotatable bonds is 2. The summed E-state index contributed by atoms with van der Waals surface area (Å²) in [7, 11) is 0. The van der Waals surface area contributed by atoms with Gasteiger partial charge in [-0.25, -0.2) is 0 Å². The van der Waals surface area contributed by atoms with E-state index in [9.17, 15) is 28.1 Å². The van der Waals surface area contributed by atoms with Gasteiger partial charge >= 0.3 is 6.18 Å². The van der Waals surface area contributed by atoms with Crippen LogP contribution in [0.2, 0.25) is 0 Å². The first-order chi connectivity index (χ1) is 9.20. The lowest BCUT2D eigenvalue weighted by Crippen LogP contribution is -2.10. The molecule has 1 aromatic heterocycles. The van der Waals surface area contributed by atoms with E-state index in [1.165, 1.54) is 13.0 Å². The first kappa shape index (κ1) is 13.8. The fourth-order valence-corrected chi connectivity index (χ4v) is 1.77. The van der Waals surface area contributed by atoms with E-state index in [1.54, 1.807) is 0 Å². The van der Waals surface area contributed by atoms with Crippen molar-refractivity contribution in [3.05, 3.63) is 56.0 Å². The average Bonchev–Trinajstić information content (AvgIpc) is 2.66. The Morgan fingerprint density at radius 1 is 1.30 bits per heavy atom. The van der Waals surface area contributed by atoms with Crippen molar-refractivity contribution in [1.29, 1.82) is 0 Å². The molecule has 20 heavy (non-hydrogen) atoms. The van der Waals surface area contributed by atoms with E-state index in [0.717, 1.165) is 16.8 Å². The lowest BCUT2D eigenvalue weighted by atomic mass is 10.1. The molecule has 2 aromatic rings. The number of alkyl halides is 3. The number of aromatic nitrogens is 2. The summed E-state index contributed by atoms with van der Waals surface area (Å²) >= 11 is 0. The minimum absolute atomic E-state index is 0.136. The number of aromatic amines is 1. The predicted octanol–water partition coefficient (Wildman–Crippen LogP) is 2.40. The zero-order valence-electron chi connectivity index (χ0n) is 10.1. The van der Waals surface area contributed by atoms with Crippen LogP contribution < -0.4 is 5.56 Å². The molecule has 1 aromatic carbocycles. The number of nitrogens with one attached hydrogen (secondary N) is 1. The number of nitro benzene ring substituents is 1. The van der Waals surface area contributed by atoms with Crippen molar-refractivity contribution >= 4 is 5.69 Å². The summed E-state index contributed by atoms with van der Waals surface area (Å²) in [5.74, 6) is 0. The van der Waals surface area contributed by atoms with Crippen LogP contribution in [-0.4, -0.2) is 14.7 Å². The van der Waals surface area contributed by atoms with Gasteiger partial charge in [-0.15, -0.1) is 0 Å². The molecule has 0 saturated carbocycles. The van der Waals surface area contributed by atoms with Crippen LogP contribution in [0.3, 0.4) is 0 Å². The van der Waals surface area contributed by atoms with Crippen LogP contribution in [0.25, 0.3) is 5.69 Å². The molecule has 0 aliphatic heterocycles. The molecule has 0 aliphatic carbocycles. The summed E-state index contributed by atoms with van der Waals surface area (Å²) < 4.78 is 38.8. The zero-order valence-corrected chi connectivity index (χ0v) is 10.1. The Morgan fingerprint density at radius 2 is 1.95 bits per heavy atom. The molecule has 1 heterocycles. The third kappa shape index (κ3) is 2.42. The second-order valence-corrected chi connectivity index (χ2v) is 4.06. The molecule has 9 heteroatoms. The SMILES string of the molecule is Cc1cc(=O)[nH]n1-c1ccc(C(F)(F)F)cc1[N+](=O)[O-]. The Kier molecular flexibility index (Phi) is 3.12. The quantitative estimate of drug-likeness (QED) is 0.680. The number of nitro groups is 1. The first-order valence-corrected chi connectivity index (χ1v) is 5.35. The lowest BCUT2D eigenvalue weighted by molar-refractivity contribution is -0.384. The number of H-pyrrole nitrogens is 1. The molecule has 0 saturated heterocycles. The molecule has 0 aliphatic rings. The van der Waals surface area contributed by atoms with E-state index in [-0.39, 0.29) is 5.69 Å². The third-order valence-corrected chi connectivity index (χ3v) is 2.66. The highest BCUT2D eigenvalue weighted by Crippen LogP contribution is 2.34. The normalized spacial score (nSPS) is 11.6. The predicted molar refractivity (Wildman–Crippen MR) is 62.8 cm³/mol. The minimum Gasteiger partial charge on any atom is -0.268 e. The highest BCUT2D eigenvalue weighted by atomic mass is 19.4. The van der Waals surface area contributed by atoms with Crippen molar-refractivity contribution in [3.8, 4) is 5.69 Å². The molecule has 0 atom stereocenters. The van der Waals surface area contributed by atoms with Gasteiger partial charge < -0.3 is 0 Å². The van der Waals surface area contributed by atoms with Crippen LogP contribution in [-0.2, 0) is 6.18 Å². The van der Waals surface area contributed by atoms with Gasteiger partial charge in [0, 0.05) is 17.8 Å². The molecule has 0 radical (unpaired) electrons. The number of aryl methyl sites for hydroxylation is 1. The molecule has 0 bridgehead atoms. The molecule has 0 fully saturated rings. The number of halogens is 3. The van der Waals surface area contributed by atoms with Crippen molar-refractivity contribution in [2.45, 2.75) is 13.1 Å². The Labute approximate surface area is 109 Å². The maximum absolute atomic E-state index is 12.6. The smallest absolute Gasteiger partial charge is 0.268 e. The Bertz CT molecular complexity index is 730. The number of hydrogen-bond acceptors (Lipinski definition) is 3. The van der Waals surface area contributed by atoms with Gasteiger partial charge in [0.25, 0.3) is 11.2 Å². The van der Waals surface area contributed by atoms with Gasteiger partial charge in [0.1, 0.15) is 5.69 Å². The number of nitrogens with zero attached hydrogens (tertiary/aromatic N) is 2. The number of benzene rings is 1. The Balaban J connectivity index is 2.69. The molecule has 2 rings (SSSR count). The van der Waals surface area contributed by atoms with E-state index in [4.69, 9.17) is 0 Å². The third-order valence-electron chi connectivity index (χ3n) is 2.66. The summed E-state index contributed by atoms with van der Waals surface area (Å²) in [5.41, 5.74) is -2.16. The largest absolute Gasteiger partial charge is 0.416 e. The van der Waals surface area contributed by atoms with E-state index in [1.807, 2.05) is 0 Å². The molecule has 0 unspecified atom stereocenters. The van der Waals surface area contributed by atoms with Crippen LogP contribution in [0.15, 0.2) is 29.1 Å². The van der Waals surface area contributed by atoms with Gasteiger partial charge in [-0.1, -0.05) is 0 Å². The zero-order chi connectivity index (χ0) is 15.1. The molecular weight excluding hydrogens is 279 g/mol. The summed E-state index contributed by atoms with van der Waals surface area (Å²) in [4.78, 5) is 21.2. The van der Waals surface area contributed by atoms with E-state index >= 15 is 0 Å². The van der Waals surface area contributed by atoms with Gasteiger partial charge in [0.05, 0.1) is 10.5 Å². The van der Waals surface area contributed by atoms with Crippen LogP contribution in [0.1, 0.15) is 11.3 Å². The summed E-state index contributed by atoms with van der Waals surface area (Å²) in [6, 6.07) is 3.29. The molecule has 1 N–H and O–H groups in total. The summed E-state index contributed by atoms with van der Waals surface area (Å²) in [6.07, 6.45) is -4.68. The van der Waals surface area contributed by atoms with Gasteiger partial charge in [-0.3, -0.25) is 24.7 Å². The van der Waals surface area contributed by atoms with E-state index in [0.29, 0.717) is 11.8 Å². The minimum atomic E-state index is -4.68. The summed E-state index contributed by atoms with van der Waals surface area (Å²) in [5, 5.41) is 13.2. The fourth-order valence-electron chi connectivity index (χ4n) is 1.77. The van der Waals surface area contributed by atoms with Crippen LogP contribution >= 0.6 is 0 Å². The molecule has 6 nitrogen and oxygen atoms in total. The van der Waals surface area contributed by atoms with Crippen molar-refractivity contribution in [2.75, 3.05) is 0 Å². The van der Waals surface area contributed by atoms with Gasteiger partial charge in [0.15, 0.2) is 0 Å². The second kappa shape index (κ2) is 4.51. The highest BCUT2D eigenvalue weighted by Gasteiger charge is 2.33. The summed E-state index contributed by atoms with van der Waals surface area (Å²) in [6.45, 7) is 1.50. The lowest BCUT2D eigenvalue weighted by Gasteiger charge is -2.10. The molecular formula is C11H8F3N3O3. The van der Waals surface area contributed by atoms with Crippen molar-refractivity contribution < 1.29 is 18.1 Å². The topological polar surface area (TPSA) is 80.9 Å². The second-order valence-electron chi connectivity index (χ2n) is 4.06. The van der Waals surface area contributed by atoms with Crippen LogP contribution in [0.4, 0.5) is 18.9 Å². The Hall–Kier alpha value is -2.58. The van der Waals surface area contributed by atoms with Crippen molar-refractivity contribution in [1.82, 2.24) is 9.78 Å². The average molecular weight is 287 g/mol. The number of hydrogen-bond donors (Lipinski definition) is 1. The standard InChI is InChI=1S/C11H8F3N3O3/c1-6-4-10(18)15-16(6)8-3-2-7(11(12,13)14)5-9(8)17(19)20/h2-5H,1H3,(H,15,18). The maximum Gasteiger partial charge on any atom is 0.416 e. The van der Waals surface area contributed by atoms with Crippen LogP contribution in [0.5, 0.6) is 0 Å². The molecule has 0 amide bonds. The first-order valence-electron chi connectivity index (χ1n) is 5.35. The van der Waals surface area contributed by atoms with Crippen molar-refractivity contribution in [2.24, 2.45) is 0 Å². The van der Waals surface area contributed by atoms with Gasteiger partial charge in [-0.2, -0.15) is 13.2 Å². The van der Waals surface area contributed by atoms with Crippen LogP contribution in [0, 0.1) is 17.0 Å². The van der Waals surface area contributed by atoms with E-state index < -0.39 is 27.9 Å². The maximum atomic E-state index is 12.6. The highest BCUT2D eigenvalue weighted by molar-refractivity contribution is 5.54. The Morgan fingerprint density at radius 3 is 2.40 bits per heavy atom. The fraction of sp³-hybridized carbons (Fsp3) is 0.182. The van der Waals surface area contributed by atoms with E-state index in [2.05, 4.69) is 5.10 Å². The molecule has 106 valence electrons. The molecule has 0 spiro atoms.